The van der Waals surface area contributed by atoms with Crippen LogP contribution in [0, 0.1) is 0 Å². The first-order valence-corrected chi connectivity index (χ1v) is 10.4. The predicted octanol–water partition coefficient (Wildman–Crippen LogP) is 4.31. The molecule has 1 aliphatic heterocycles. The van der Waals surface area contributed by atoms with Gasteiger partial charge in [-0.05, 0) is 36.6 Å². The number of methoxy groups -OCH3 is 1. The smallest absolute Gasteiger partial charge is 0.257 e. The number of para-hydroxylation sites is 1. The summed E-state index contributed by atoms with van der Waals surface area (Å²) in [6, 6.07) is 12.7. The Kier molecular flexibility index (Phi) is 7.40. The van der Waals surface area contributed by atoms with E-state index >= 15 is 0 Å². The van der Waals surface area contributed by atoms with Gasteiger partial charge in [0.15, 0.2) is 0 Å². The van der Waals surface area contributed by atoms with E-state index in [9.17, 15) is 9.59 Å². The predicted molar refractivity (Wildman–Crippen MR) is 115 cm³/mol. The van der Waals surface area contributed by atoms with Crippen molar-refractivity contribution in [2.45, 2.75) is 19.3 Å². The summed E-state index contributed by atoms with van der Waals surface area (Å²) in [5, 5.41) is 1.00. The maximum Gasteiger partial charge on any atom is 0.257 e. The molecule has 7 heteroatoms. The number of halogens is 2. The molecule has 3 rings (SSSR count). The van der Waals surface area contributed by atoms with Crippen LogP contribution >= 0.6 is 23.2 Å². The van der Waals surface area contributed by atoms with Crippen LogP contribution < -0.4 is 4.74 Å². The van der Waals surface area contributed by atoms with Gasteiger partial charge in [-0.3, -0.25) is 9.59 Å². The highest BCUT2D eigenvalue weighted by molar-refractivity contribution is 6.42. The monoisotopic (exact) mass is 434 g/mol. The van der Waals surface area contributed by atoms with E-state index < -0.39 is 0 Å². The summed E-state index contributed by atoms with van der Waals surface area (Å²) in [5.41, 5.74) is 1.42. The number of hydrogen-bond acceptors (Lipinski definition) is 3. The number of aryl methyl sites for hydroxylation is 1. The molecule has 0 radical (unpaired) electrons. The Bertz CT molecular complexity index is 888. The highest BCUT2D eigenvalue weighted by atomic mass is 35.5. The summed E-state index contributed by atoms with van der Waals surface area (Å²) in [7, 11) is 1.56. The Labute approximate surface area is 181 Å². The summed E-state index contributed by atoms with van der Waals surface area (Å²) >= 11 is 12.3. The molecule has 0 spiro atoms. The van der Waals surface area contributed by atoms with Gasteiger partial charge in [0.05, 0.1) is 22.7 Å². The van der Waals surface area contributed by atoms with Crippen LogP contribution in [0.25, 0.3) is 0 Å². The zero-order chi connectivity index (χ0) is 20.8. The fraction of sp³-hybridized carbons (Fsp3) is 0.364. The van der Waals surface area contributed by atoms with Crippen molar-refractivity contribution in [2.75, 3.05) is 33.3 Å². The minimum absolute atomic E-state index is 0.0626. The van der Waals surface area contributed by atoms with E-state index in [1.165, 1.54) is 0 Å². The molecule has 2 aromatic carbocycles. The van der Waals surface area contributed by atoms with Gasteiger partial charge in [-0.15, -0.1) is 0 Å². The second-order valence-electron chi connectivity index (χ2n) is 6.94. The lowest BCUT2D eigenvalue weighted by Crippen LogP contribution is -2.37. The van der Waals surface area contributed by atoms with Crippen molar-refractivity contribution < 1.29 is 14.3 Å². The second-order valence-corrected chi connectivity index (χ2v) is 7.72. The molecule has 154 valence electrons. The van der Waals surface area contributed by atoms with Crippen LogP contribution in [0.5, 0.6) is 5.75 Å². The van der Waals surface area contributed by atoms with Crippen LogP contribution in [-0.2, 0) is 11.2 Å². The van der Waals surface area contributed by atoms with E-state index in [4.69, 9.17) is 27.9 Å². The molecule has 1 aliphatic rings. The minimum Gasteiger partial charge on any atom is -0.496 e. The SMILES string of the molecule is COc1ccccc1C(=O)N1CCCN(C(=O)CCc2cccc(Cl)c2Cl)CC1. The number of hydrogen-bond donors (Lipinski definition) is 0. The van der Waals surface area contributed by atoms with Crippen LogP contribution in [-0.4, -0.2) is 54.9 Å². The molecule has 0 aromatic heterocycles. The molecule has 29 heavy (non-hydrogen) atoms. The lowest BCUT2D eigenvalue weighted by atomic mass is 10.1. The first-order valence-electron chi connectivity index (χ1n) is 9.64. The van der Waals surface area contributed by atoms with Crippen LogP contribution in [0.1, 0.15) is 28.8 Å². The zero-order valence-corrected chi connectivity index (χ0v) is 17.9. The third kappa shape index (κ3) is 5.22. The number of amides is 2. The molecular weight excluding hydrogens is 411 g/mol. The molecule has 0 unspecified atom stereocenters. The fourth-order valence-corrected chi connectivity index (χ4v) is 3.92. The standard InChI is InChI=1S/C22H24Cl2N2O3/c1-29-19-9-3-2-7-17(19)22(28)26-13-5-12-25(14-15-26)20(27)11-10-16-6-4-8-18(23)21(16)24/h2-4,6-9H,5,10-15H2,1H3. The highest BCUT2D eigenvalue weighted by Crippen LogP contribution is 2.26. The largest absolute Gasteiger partial charge is 0.496 e. The quantitative estimate of drug-likeness (QED) is 0.704. The van der Waals surface area contributed by atoms with E-state index in [0.717, 1.165) is 12.0 Å². The highest BCUT2D eigenvalue weighted by Gasteiger charge is 2.24. The first-order chi connectivity index (χ1) is 14.0. The lowest BCUT2D eigenvalue weighted by molar-refractivity contribution is -0.131. The molecule has 0 aliphatic carbocycles. The maximum atomic E-state index is 12.9. The van der Waals surface area contributed by atoms with E-state index in [1.807, 2.05) is 29.2 Å². The van der Waals surface area contributed by atoms with E-state index in [2.05, 4.69) is 0 Å². The Morgan fingerprint density at radius 3 is 2.48 bits per heavy atom. The molecule has 1 fully saturated rings. The van der Waals surface area contributed by atoms with E-state index in [0.29, 0.717) is 60.4 Å². The number of carbonyl (C=O) groups excluding carboxylic acids is 2. The Hall–Kier alpha value is -2.24. The molecule has 1 saturated heterocycles. The number of carbonyl (C=O) groups is 2. The summed E-state index contributed by atoms with van der Waals surface area (Å²) in [5.74, 6) is 0.558. The Balaban J connectivity index is 1.58. The summed E-state index contributed by atoms with van der Waals surface area (Å²) in [6.45, 7) is 2.27. The van der Waals surface area contributed by atoms with Gasteiger partial charge in [0, 0.05) is 32.6 Å². The van der Waals surface area contributed by atoms with Gasteiger partial charge >= 0.3 is 0 Å². The zero-order valence-electron chi connectivity index (χ0n) is 16.4. The molecule has 2 amide bonds. The minimum atomic E-state index is -0.0672. The molecule has 5 nitrogen and oxygen atoms in total. The third-order valence-electron chi connectivity index (χ3n) is 5.11. The Morgan fingerprint density at radius 2 is 1.69 bits per heavy atom. The van der Waals surface area contributed by atoms with Gasteiger partial charge < -0.3 is 14.5 Å². The van der Waals surface area contributed by atoms with Gasteiger partial charge in [0.25, 0.3) is 5.91 Å². The first kappa shape index (κ1) is 21.5. The average molecular weight is 435 g/mol. The molecular formula is C22H24Cl2N2O3. The van der Waals surface area contributed by atoms with Crippen molar-refractivity contribution in [3.63, 3.8) is 0 Å². The van der Waals surface area contributed by atoms with Crippen molar-refractivity contribution >= 4 is 35.0 Å². The third-order valence-corrected chi connectivity index (χ3v) is 5.97. The van der Waals surface area contributed by atoms with E-state index in [-0.39, 0.29) is 11.8 Å². The summed E-state index contributed by atoms with van der Waals surface area (Å²) < 4.78 is 5.31. The van der Waals surface area contributed by atoms with Gasteiger partial charge in [0.2, 0.25) is 5.91 Å². The number of rotatable bonds is 5. The molecule has 0 atom stereocenters. The van der Waals surface area contributed by atoms with Crippen molar-refractivity contribution in [2.24, 2.45) is 0 Å². The van der Waals surface area contributed by atoms with Crippen LogP contribution in [0.3, 0.4) is 0 Å². The van der Waals surface area contributed by atoms with Gasteiger partial charge in [0.1, 0.15) is 5.75 Å². The molecule has 0 bridgehead atoms. The van der Waals surface area contributed by atoms with Gasteiger partial charge in [-0.1, -0.05) is 47.5 Å². The maximum absolute atomic E-state index is 12.9. The summed E-state index contributed by atoms with van der Waals surface area (Å²) in [6.07, 6.45) is 1.64. The lowest BCUT2D eigenvalue weighted by Gasteiger charge is -2.23. The average Bonchev–Trinajstić information content (AvgIpc) is 3.00. The fourth-order valence-electron chi connectivity index (χ4n) is 3.50. The topological polar surface area (TPSA) is 49.9 Å². The summed E-state index contributed by atoms with van der Waals surface area (Å²) in [4.78, 5) is 29.2. The van der Waals surface area contributed by atoms with Crippen LogP contribution in [0.15, 0.2) is 42.5 Å². The van der Waals surface area contributed by atoms with Gasteiger partial charge in [-0.2, -0.15) is 0 Å². The van der Waals surface area contributed by atoms with Crippen LogP contribution in [0.4, 0.5) is 0 Å². The number of nitrogens with zero attached hydrogens (tertiary/aromatic N) is 2. The number of ether oxygens (including phenoxy) is 1. The second kappa shape index (κ2) is 9.99. The Morgan fingerprint density at radius 1 is 0.966 bits per heavy atom. The van der Waals surface area contributed by atoms with Crippen molar-refractivity contribution in [3.05, 3.63) is 63.6 Å². The molecule has 0 saturated carbocycles. The van der Waals surface area contributed by atoms with Crippen molar-refractivity contribution in [3.8, 4) is 5.75 Å². The van der Waals surface area contributed by atoms with Crippen molar-refractivity contribution in [1.29, 1.82) is 0 Å². The molecule has 0 N–H and O–H groups in total. The molecule has 1 heterocycles. The van der Waals surface area contributed by atoms with Crippen LogP contribution in [0.2, 0.25) is 10.0 Å². The van der Waals surface area contributed by atoms with E-state index in [1.54, 1.807) is 30.2 Å². The number of benzene rings is 2. The normalized spacial score (nSPS) is 14.4. The van der Waals surface area contributed by atoms with Crippen molar-refractivity contribution in [1.82, 2.24) is 9.80 Å². The van der Waals surface area contributed by atoms with Gasteiger partial charge in [-0.25, -0.2) is 0 Å². The molecule has 2 aromatic rings.